The van der Waals surface area contributed by atoms with Crippen LogP contribution < -0.4 is 0 Å². The number of hydrogen-bond acceptors (Lipinski definition) is 2. The van der Waals surface area contributed by atoms with E-state index >= 15 is 0 Å². The van der Waals surface area contributed by atoms with Gasteiger partial charge in [-0.1, -0.05) is 18.2 Å². The average molecular weight is 252 g/mol. The summed E-state index contributed by atoms with van der Waals surface area (Å²) in [5.74, 6) is 2.66. The van der Waals surface area contributed by atoms with Crippen LogP contribution in [-0.4, -0.2) is 28.8 Å². The number of nitrogens with zero attached hydrogens (tertiary/aromatic N) is 1. The highest BCUT2D eigenvalue weighted by Gasteiger charge is 2.10. The molecular formula is C16H16N2O. The van der Waals surface area contributed by atoms with Crippen LogP contribution in [-0.2, 0) is 0 Å². The van der Waals surface area contributed by atoms with E-state index in [2.05, 4.69) is 21.8 Å². The molecule has 1 aliphatic rings. The van der Waals surface area contributed by atoms with Crippen molar-refractivity contribution in [3.63, 3.8) is 0 Å². The third-order valence-electron chi connectivity index (χ3n) is 3.52. The van der Waals surface area contributed by atoms with Gasteiger partial charge in [-0.3, -0.25) is 4.79 Å². The molecule has 3 rings (SSSR count). The highest BCUT2D eigenvalue weighted by Crippen LogP contribution is 2.17. The van der Waals surface area contributed by atoms with E-state index in [1.54, 1.807) is 6.20 Å². The van der Waals surface area contributed by atoms with Gasteiger partial charge in [0.15, 0.2) is 0 Å². The highest BCUT2D eigenvalue weighted by atomic mass is 16.1. The molecule has 1 aromatic heterocycles. The topological polar surface area (TPSA) is 36.1 Å². The number of carbonyl (C=O) groups is 1. The van der Waals surface area contributed by atoms with Crippen LogP contribution in [0.1, 0.15) is 29.6 Å². The number of nitrogens with one attached hydrogen (secondary N) is 1. The van der Waals surface area contributed by atoms with Crippen LogP contribution in [0.15, 0.2) is 30.5 Å². The first kappa shape index (κ1) is 11.9. The first-order valence-electron chi connectivity index (χ1n) is 6.71. The Morgan fingerprint density at radius 1 is 1.16 bits per heavy atom. The van der Waals surface area contributed by atoms with Crippen LogP contribution in [0.25, 0.3) is 10.9 Å². The van der Waals surface area contributed by atoms with E-state index in [1.807, 2.05) is 24.3 Å². The van der Waals surface area contributed by atoms with Crippen LogP contribution in [0, 0.1) is 12.0 Å². The largest absolute Gasteiger partial charge is 0.360 e. The van der Waals surface area contributed by atoms with Gasteiger partial charge in [-0.25, -0.2) is 0 Å². The maximum absolute atomic E-state index is 12.1. The molecule has 2 aromatic rings. The lowest BCUT2D eigenvalue weighted by Crippen LogP contribution is -2.24. The third kappa shape index (κ3) is 2.48. The minimum atomic E-state index is -0.108. The number of carbonyl (C=O) groups excluding carboxylic acids is 1. The number of fused-ring (bicyclic) bond motifs is 1. The lowest BCUT2D eigenvalue weighted by atomic mass is 10.1. The summed E-state index contributed by atoms with van der Waals surface area (Å²) >= 11 is 0. The molecule has 0 aliphatic carbocycles. The lowest BCUT2D eigenvalue weighted by molar-refractivity contribution is 0.105. The molecule has 0 saturated carbocycles. The number of ketones is 1. The van der Waals surface area contributed by atoms with E-state index in [9.17, 15) is 4.79 Å². The van der Waals surface area contributed by atoms with Crippen molar-refractivity contribution in [3.05, 3.63) is 36.0 Å². The van der Waals surface area contributed by atoms with E-state index in [1.165, 1.54) is 19.3 Å². The summed E-state index contributed by atoms with van der Waals surface area (Å²) in [5, 5.41) is 0.945. The summed E-state index contributed by atoms with van der Waals surface area (Å²) in [6.07, 6.45) is 5.37. The zero-order chi connectivity index (χ0) is 13.1. The maximum atomic E-state index is 12.1. The first-order valence-corrected chi connectivity index (χ1v) is 6.71. The van der Waals surface area contributed by atoms with Crippen molar-refractivity contribution in [2.24, 2.45) is 0 Å². The van der Waals surface area contributed by atoms with E-state index in [4.69, 9.17) is 0 Å². The monoisotopic (exact) mass is 252 g/mol. The summed E-state index contributed by atoms with van der Waals surface area (Å²) in [4.78, 5) is 17.3. The molecule has 3 nitrogen and oxygen atoms in total. The van der Waals surface area contributed by atoms with Crippen LogP contribution in [0.2, 0.25) is 0 Å². The Balaban J connectivity index is 1.82. The van der Waals surface area contributed by atoms with Gasteiger partial charge in [-0.15, -0.1) is 0 Å². The van der Waals surface area contributed by atoms with Crippen LogP contribution in [0.4, 0.5) is 0 Å². The molecule has 1 fully saturated rings. The van der Waals surface area contributed by atoms with Gasteiger partial charge >= 0.3 is 0 Å². The number of aromatic amines is 1. The molecule has 0 radical (unpaired) electrons. The Hall–Kier alpha value is -2.21. The molecule has 0 spiro atoms. The Bertz CT molecular complexity index is 654. The molecule has 1 aliphatic heterocycles. The Labute approximate surface area is 112 Å². The van der Waals surface area contributed by atoms with Gasteiger partial charge in [0, 0.05) is 42.2 Å². The lowest BCUT2D eigenvalue weighted by Gasteiger charge is -2.21. The second-order valence-corrected chi connectivity index (χ2v) is 4.86. The van der Waals surface area contributed by atoms with Crippen molar-refractivity contribution in [2.75, 3.05) is 13.1 Å². The van der Waals surface area contributed by atoms with Crippen LogP contribution in [0.3, 0.4) is 0 Å². The van der Waals surface area contributed by atoms with Crippen LogP contribution >= 0.6 is 0 Å². The van der Waals surface area contributed by atoms with E-state index < -0.39 is 0 Å². The Kier molecular flexibility index (Phi) is 3.24. The summed E-state index contributed by atoms with van der Waals surface area (Å²) in [6, 6.07) is 10.8. The van der Waals surface area contributed by atoms with Gasteiger partial charge in [-0.2, -0.15) is 0 Å². The normalized spacial score (nSPS) is 15.1. The minimum absolute atomic E-state index is 0.108. The zero-order valence-electron chi connectivity index (χ0n) is 10.8. The van der Waals surface area contributed by atoms with Gasteiger partial charge in [0.25, 0.3) is 0 Å². The SMILES string of the molecule is O=C(C#CN1CCCCC1)c1c[nH]c2ccccc12. The van der Waals surface area contributed by atoms with Gasteiger partial charge in [0.05, 0.1) is 5.56 Å². The molecule has 1 aromatic carbocycles. The predicted molar refractivity (Wildman–Crippen MR) is 75.8 cm³/mol. The van der Waals surface area contributed by atoms with Crippen molar-refractivity contribution in [1.29, 1.82) is 0 Å². The number of aromatic nitrogens is 1. The number of likely N-dealkylation sites (tertiary alicyclic amines) is 1. The molecule has 0 atom stereocenters. The predicted octanol–water partition coefficient (Wildman–Crippen LogP) is 2.80. The molecule has 1 saturated heterocycles. The fourth-order valence-electron chi connectivity index (χ4n) is 2.46. The summed E-state index contributed by atoms with van der Waals surface area (Å²) in [6.45, 7) is 1.96. The fraction of sp³-hybridized carbons (Fsp3) is 0.312. The highest BCUT2D eigenvalue weighted by molar-refractivity contribution is 6.16. The van der Waals surface area contributed by atoms with Gasteiger partial charge < -0.3 is 9.88 Å². The molecular weight excluding hydrogens is 236 g/mol. The molecule has 96 valence electrons. The molecule has 2 heterocycles. The zero-order valence-corrected chi connectivity index (χ0v) is 10.8. The molecule has 1 N–H and O–H groups in total. The van der Waals surface area contributed by atoms with Gasteiger partial charge in [-0.05, 0) is 25.3 Å². The molecule has 19 heavy (non-hydrogen) atoms. The average Bonchev–Trinajstić information content (AvgIpc) is 2.90. The summed E-state index contributed by atoms with van der Waals surface area (Å²) in [5.41, 5.74) is 1.64. The number of hydrogen-bond donors (Lipinski definition) is 1. The molecule has 0 amide bonds. The smallest absolute Gasteiger partial charge is 0.239 e. The number of piperidine rings is 1. The number of benzene rings is 1. The summed E-state index contributed by atoms with van der Waals surface area (Å²) < 4.78 is 0. The van der Waals surface area contributed by atoms with Gasteiger partial charge in [0.2, 0.25) is 5.78 Å². The quantitative estimate of drug-likeness (QED) is 0.626. The molecule has 0 bridgehead atoms. The van der Waals surface area contributed by atoms with E-state index in [0.29, 0.717) is 5.56 Å². The number of rotatable bonds is 1. The minimum Gasteiger partial charge on any atom is -0.360 e. The molecule has 3 heteroatoms. The number of H-pyrrole nitrogens is 1. The number of para-hydroxylation sites is 1. The Morgan fingerprint density at radius 3 is 2.79 bits per heavy atom. The fourth-order valence-corrected chi connectivity index (χ4v) is 2.46. The third-order valence-corrected chi connectivity index (χ3v) is 3.52. The second kappa shape index (κ2) is 5.19. The van der Waals surface area contributed by atoms with E-state index in [-0.39, 0.29) is 5.78 Å². The van der Waals surface area contributed by atoms with Crippen molar-refractivity contribution >= 4 is 16.7 Å². The Morgan fingerprint density at radius 2 is 1.95 bits per heavy atom. The van der Waals surface area contributed by atoms with Crippen molar-refractivity contribution < 1.29 is 4.79 Å². The maximum Gasteiger partial charge on any atom is 0.239 e. The van der Waals surface area contributed by atoms with Crippen LogP contribution in [0.5, 0.6) is 0 Å². The van der Waals surface area contributed by atoms with Crippen molar-refractivity contribution in [3.8, 4) is 12.0 Å². The van der Waals surface area contributed by atoms with E-state index in [0.717, 1.165) is 24.0 Å². The first-order chi connectivity index (χ1) is 9.34. The number of Topliss-reactive ketones (excluding diaryl/α,β-unsaturated/α-hetero) is 1. The van der Waals surface area contributed by atoms with Gasteiger partial charge in [0.1, 0.15) is 0 Å². The van der Waals surface area contributed by atoms with Crippen molar-refractivity contribution in [1.82, 2.24) is 9.88 Å². The second-order valence-electron chi connectivity index (χ2n) is 4.86. The molecule has 0 unspecified atom stereocenters. The summed E-state index contributed by atoms with van der Waals surface area (Å²) in [7, 11) is 0. The van der Waals surface area contributed by atoms with Crippen molar-refractivity contribution in [2.45, 2.75) is 19.3 Å². The standard InChI is InChI=1S/C16H16N2O/c19-16(8-11-18-9-4-1-5-10-18)14-12-17-15-7-3-2-6-13(14)15/h2-3,6-7,12,17H,1,4-5,9-10H2.